The van der Waals surface area contributed by atoms with Crippen LogP contribution >= 0.6 is 0 Å². The average molecular weight is 555 g/mol. The van der Waals surface area contributed by atoms with Crippen LogP contribution in [0.25, 0.3) is 12.2 Å². The van der Waals surface area contributed by atoms with Crippen molar-refractivity contribution in [1.82, 2.24) is 0 Å². The number of unbranched alkanes of at least 4 members (excludes halogenated alkanes) is 22. The lowest BCUT2D eigenvalue weighted by molar-refractivity contribution is 0.295. The lowest BCUT2D eigenvalue weighted by Crippen LogP contribution is -2.02. The SMILES string of the molecule is C=Cc1cc(OCCCCCCCCCCCCCC)c(C=C)cc1OCCCCCCCCCCCCCC. The van der Waals surface area contributed by atoms with E-state index >= 15 is 0 Å². The second-order valence-electron chi connectivity index (χ2n) is 11.8. The lowest BCUT2D eigenvalue weighted by Gasteiger charge is -2.15. The highest BCUT2D eigenvalue weighted by molar-refractivity contribution is 5.66. The zero-order valence-electron chi connectivity index (χ0n) is 26.9. The van der Waals surface area contributed by atoms with E-state index in [1.165, 1.54) is 141 Å². The summed E-state index contributed by atoms with van der Waals surface area (Å²) < 4.78 is 12.3. The summed E-state index contributed by atoms with van der Waals surface area (Å²) in [7, 11) is 0. The van der Waals surface area contributed by atoms with Crippen molar-refractivity contribution in [1.29, 1.82) is 0 Å². The van der Waals surface area contributed by atoms with Gasteiger partial charge in [0, 0.05) is 11.1 Å². The summed E-state index contributed by atoms with van der Waals surface area (Å²) in [5, 5.41) is 0. The van der Waals surface area contributed by atoms with E-state index in [4.69, 9.17) is 9.47 Å². The van der Waals surface area contributed by atoms with E-state index < -0.39 is 0 Å². The van der Waals surface area contributed by atoms with E-state index in [0.717, 1.165) is 48.7 Å². The molecule has 230 valence electrons. The van der Waals surface area contributed by atoms with Crippen LogP contribution in [-0.2, 0) is 0 Å². The Morgan fingerprint density at radius 2 is 0.675 bits per heavy atom. The largest absolute Gasteiger partial charge is 0.493 e. The highest BCUT2D eigenvalue weighted by Crippen LogP contribution is 2.31. The molecular weight excluding hydrogens is 488 g/mol. The Morgan fingerprint density at radius 3 is 0.925 bits per heavy atom. The quantitative estimate of drug-likeness (QED) is 0.0880. The van der Waals surface area contributed by atoms with Gasteiger partial charge in [-0.3, -0.25) is 0 Å². The highest BCUT2D eigenvalue weighted by atomic mass is 16.5. The van der Waals surface area contributed by atoms with E-state index in [9.17, 15) is 0 Å². The fourth-order valence-corrected chi connectivity index (χ4v) is 5.41. The first-order chi connectivity index (χ1) is 19.8. The number of hydrogen-bond donors (Lipinski definition) is 0. The van der Waals surface area contributed by atoms with Gasteiger partial charge < -0.3 is 9.47 Å². The molecule has 0 aliphatic heterocycles. The van der Waals surface area contributed by atoms with Crippen LogP contribution in [0.1, 0.15) is 179 Å². The van der Waals surface area contributed by atoms with Crippen LogP contribution < -0.4 is 9.47 Å². The van der Waals surface area contributed by atoms with Gasteiger partial charge in [-0.1, -0.05) is 180 Å². The van der Waals surface area contributed by atoms with Crippen molar-refractivity contribution < 1.29 is 9.47 Å². The monoisotopic (exact) mass is 555 g/mol. The molecule has 0 aliphatic carbocycles. The lowest BCUT2D eigenvalue weighted by atomic mass is 10.1. The first-order valence-corrected chi connectivity index (χ1v) is 17.4. The van der Waals surface area contributed by atoms with Crippen LogP contribution in [-0.4, -0.2) is 13.2 Å². The van der Waals surface area contributed by atoms with Crippen LogP contribution in [0, 0.1) is 0 Å². The van der Waals surface area contributed by atoms with Crippen molar-refractivity contribution >= 4 is 12.2 Å². The van der Waals surface area contributed by atoms with Gasteiger partial charge in [-0.15, -0.1) is 0 Å². The van der Waals surface area contributed by atoms with Gasteiger partial charge in [-0.25, -0.2) is 0 Å². The van der Waals surface area contributed by atoms with Gasteiger partial charge in [0.15, 0.2) is 0 Å². The third kappa shape index (κ3) is 19.4. The molecule has 0 radical (unpaired) electrons. The van der Waals surface area contributed by atoms with E-state index in [0.29, 0.717) is 0 Å². The Bertz CT molecular complexity index is 661. The molecule has 40 heavy (non-hydrogen) atoms. The molecule has 0 bridgehead atoms. The Kier molecular flexibility index (Phi) is 24.9. The summed E-state index contributed by atoms with van der Waals surface area (Å²) >= 11 is 0. The first-order valence-electron chi connectivity index (χ1n) is 17.4. The Balaban J connectivity index is 2.16. The number of hydrogen-bond acceptors (Lipinski definition) is 2. The Morgan fingerprint density at radius 1 is 0.425 bits per heavy atom. The predicted octanol–water partition coefficient (Wildman–Crippen LogP) is 13.1. The van der Waals surface area contributed by atoms with Crippen LogP contribution in [0.3, 0.4) is 0 Å². The molecule has 0 amide bonds. The molecule has 1 rings (SSSR count). The molecule has 2 heteroatoms. The summed E-state index contributed by atoms with van der Waals surface area (Å²) in [6, 6.07) is 4.14. The van der Waals surface area contributed by atoms with Gasteiger partial charge in [0.25, 0.3) is 0 Å². The second-order valence-corrected chi connectivity index (χ2v) is 11.8. The fourth-order valence-electron chi connectivity index (χ4n) is 5.41. The summed E-state index contributed by atoms with van der Waals surface area (Å²) in [6.45, 7) is 14.1. The van der Waals surface area contributed by atoms with E-state index in [1.807, 2.05) is 12.2 Å². The number of benzene rings is 1. The Labute approximate surface area is 250 Å². The van der Waals surface area contributed by atoms with Gasteiger partial charge >= 0.3 is 0 Å². The summed E-state index contributed by atoms with van der Waals surface area (Å²) in [4.78, 5) is 0. The van der Waals surface area contributed by atoms with Crippen molar-refractivity contribution in [2.75, 3.05) is 13.2 Å². The zero-order valence-corrected chi connectivity index (χ0v) is 26.9. The number of ether oxygens (including phenoxy) is 2. The molecular formula is C38H66O2. The molecule has 0 atom stereocenters. The maximum atomic E-state index is 6.16. The van der Waals surface area contributed by atoms with Crippen molar-refractivity contribution in [3.63, 3.8) is 0 Å². The van der Waals surface area contributed by atoms with Crippen LogP contribution in [0.2, 0.25) is 0 Å². The topological polar surface area (TPSA) is 18.5 Å². The van der Waals surface area contributed by atoms with Crippen LogP contribution in [0.15, 0.2) is 25.3 Å². The van der Waals surface area contributed by atoms with Gasteiger partial charge in [0.05, 0.1) is 13.2 Å². The Hall–Kier alpha value is -1.70. The molecule has 0 spiro atoms. The molecule has 0 saturated carbocycles. The normalized spacial score (nSPS) is 11.1. The third-order valence-electron chi connectivity index (χ3n) is 8.09. The molecule has 0 fully saturated rings. The predicted molar refractivity (Wildman–Crippen MR) is 180 cm³/mol. The minimum Gasteiger partial charge on any atom is -0.493 e. The standard InChI is InChI=1S/C38H66O2/c1-5-9-11-13-15-17-19-21-23-25-27-29-31-39-37-33-36(8-4)38(34-35(37)7-3)40-32-30-28-26-24-22-20-18-16-14-12-10-6-2/h7-8,33-34H,3-6,9-32H2,1-2H3. The maximum absolute atomic E-state index is 6.16. The smallest absolute Gasteiger partial charge is 0.127 e. The highest BCUT2D eigenvalue weighted by Gasteiger charge is 2.09. The fraction of sp³-hybridized carbons (Fsp3) is 0.737. The van der Waals surface area contributed by atoms with Crippen LogP contribution in [0.4, 0.5) is 0 Å². The minimum absolute atomic E-state index is 0.758. The molecule has 0 saturated heterocycles. The van der Waals surface area contributed by atoms with E-state index in [1.54, 1.807) is 0 Å². The molecule has 2 nitrogen and oxygen atoms in total. The first kappa shape index (κ1) is 36.3. The average Bonchev–Trinajstić information content (AvgIpc) is 2.97. The number of rotatable bonds is 30. The molecule has 0 aromatic heterocycles. The van der Waals surface area contributed by atoms with Crippen molar-refractivity contribution in [2.45, 2.75) is 168 Å². The van der Waals surface area contributed by atoms with E-state index in [-0.39, 0.29) is 0 Å². The summed E-state index contributed by atoms with van der Waals surface area (Å²) in [5.74, 6) is 1.79. The molecule has 0 unspecified atom stereocenters. The van der Waals surface area contributed by atoms with Gasteiger partial charge in [-0.2, -0.15) is 0 Å². The van der Waals surface area contributed by atoms with Crippen molar-refractivity contribution in [3.05, 3.63) is 36.4 Å². The molecule has 0 aliphatic rings. The summed E-state index contributed by atoms with van der Waals surface area (Å²) in [5.41, 5.74) is 2.02. The summed E-state index contributed by atoms with van der Waals surface area (Å²) in [6.07, 6.45) is 36.3. The van der Waals surface area contributed by atoms with Crippen LogP contribution in [0.5, 0.6) is 11.5 Å². The van der Waals surface area contributed by atoms with Crippen molar-refractivity contribution in [3.8, 4) is 11.5 Å². The zero-order chi connectivity index (χ0) is 28.9. The van der Waals surface area contributed by atoms with Gasteiger partial charge in [-0.05, 0) is 25.0 Å². The molecule has 0 N–H and O–H groups in total. The van der Waals surface area contributed by atoms with Gasteiger partial charge in [0.2, 0.25) is 0 Å². The van der Waals surface area contributed by atoms with Gasteiger partial charge in [0.1, 0.15) is 11.5 Å². The second kappa shape index (κ2) is 27.5. The third-order valence-corrected chi connectivity index (χ3v) is 8.09. The maximum Gasteiger partial charge on any atom is 0.127 e. The van der Waals surface area contributed by atoms with Crippen molar-refractivity contribution in [2.24, 2.45) is 0 Å². The minimum atomic E-state index is 0.758. The van der Waals surface area contributed by atoms with E-state index in [2.05, 4.69) is 39.1 Å². The molecule has 1 aromatic rings. The molecule has 1 aromatic carbocycles. The molecule has 0 heterocycles.